The van der Waals surface area contributed by atoms with Crippen LogP contribution in [0.15, 0.2) is 23.3 Å². The fraction of sp³-hybridized carbons (Fsp3) is 0.364. The van der Waals surface area contributed by atoms with Crippen molar-refractivity contribution < 1.29 is 0 Å². The van der Waals surface area contributed by atoms with Gasteiger partial charge in [-0.15, -0.1) is 0 Å². The summed E-state index contributed by atoms with van der Waals surface area (Å²) in [5, 5.41) is 5.50. The highest BCUT2D eigenvalue weighted by Crippen LogP contribution is 2.24. The van der Waals surface area contributed by atoms with E-state index in [-0.39, 0.29) is 0 Å². The Hall–Kier alpha value is -1.26. The lowest BCUT2D eigenvalue weighted by atomic mass is 10.0. The number of hydrazone groups is 1. The molecule has 0 aliphatic rings. The second-order valence-electron chi connectivity index (χ2n) is 4.04. The topological polar surface area (TPSA) is 67.6 Å². The van der Waals surface area contributed by atoms with Crippen molar-refractivity contribution in [3.8, 4) is 0 Å². The Morgan fingerprint density at radius 3 is 2.75 bits per heavy atom. The van der Waals surface area contributed by atoms with Gasteiger partial charge in [-0.1, -0.05) is 25.4 Å². The highest BCUT2D eigenvalue weighted by molar-refractivity contribution is 6.30. The van der Waals surface area contributed by atoms with Gasteiger partial charge in [-0.3, -0.25) is 5.01 Å². The molecule has 16 heavy (non-hydrogen) atoms. The zero-order chi connectivity index (χ0) is 12.1. The standard InChI is InChI=1S/C11H17ClN4/c1-8(2)5-9-6-10(12)3-4-11(9)16(14)7-15-13/h3-4,6-8H,5,13-14H2,1-2H3/b15-7-. The third kappa shape index (κ3) is 3.40. The number of nitrogens with zero attached hydrogens (tertiary/aromatic N) is 2. The van der Waals surface area contributed by atoms with Gasteiger partial charge in [0.15, 0.2) is 0 Å². The van der Waals surface area contributed by atoms with Crippen LogP contribution in [0, 0.1) is 5.92 Å². The normalized spacial score (nSPS) is 11.3. The summed E-state index contributed by atoms with van der Waals surface area (Å²) in [6.07, 6.45) is 2.27. The molecule has 0 atom stereocenters. The van der Waals surface area contributed by atoms with E-state index < -0.39 is 0 Å². The highest BCUT2D eigenvalue weighted by atomic mass is 35.5. The minimum atomic E-state index is 0.528. The molecule has 1 rings (SSSR count). The van der Waals surface area contributed by atoms with E-state index in [0.717, 1.165) is 17.7 Å². The Labute approximate surface area is 101 Å². The lowest BCUT2D eigenvalue weighted by Gasteiger charge is -2.18. The van der Waals surface area contributed by atoms with Crippen molar-refractivity contribution >= 4 is 23.6 Å². The molecule has 0 aromatic heterocycles. The molecule has 0 heterocycles. The molecule has 0 saturated heterocycles. The lowest BCUT2D eigenvalue weighted by Crippen LogP contribution is -2.30. The fourth-order valence-corrected chi connectivity index (χ4v) is 1.74. The number of anilines is 1. The van der Waals surface area contributed by atoms with Crippen LogP contribution in [0.1, 0.15) is 19.4 Å². The van der Waals surface area contributed by atoms with Crippen LogP contribution in [0.25, 0.3) is 0 Å². The summed E-state index contributed by atoms with van der Waals surface area (Å²) in [5.74, 6) is 11.4. The van der Waals surface area contributed by atoms with Crippen LogP contribution in [0.4, 0.5) is 5.69 Å². The van der Waals surface area contributed by atoms with E-state index in [1.807, 2.05) is 12.1 Å². The lowest BCUT2D eigenvalue weighted by molar-refractivity contribution is 0.647. The largest absolute Gasteiger partial charge is 0.322 e. The molecule has 0 amide bonds. The van der Waals surface area contributed by atoms with Gasteiger partial charge in [0.2, 0.25) is 0 Å². The second-order valence-corrected chi connectivity index (χ2v) is 4.48. The summed E-state index contributed by atoms with van der Waals surface area (Å²) >= 11 is 5.96. The van der Waals surface area contributed by atoms with E-state index in [4.69, 9.17) is 23.3 Å². The Morgan fingerprint density at radius 1 is 1.50 bits per heavy atom. The molecule has 0 radical (unpaired) electrons. The molecule has 0 bridgehead atoms. The molecule has 0 saturated carbocycles. The second kappa shape index (κ2) is 5.72. The number of benzene rings is 1. The highest BCUT2D eigenvalue weighted by Gasteiger charge is 2.09. The maximum absolute atomic E-state index is 5.96. The summed E-state index contributed by atoms with van der Waals surface area (Å²) in [6, 6.07) is 5.58. The van der Waals surface area contributed by atoms with Gasteiger partial charge in [0.05, 0.1) is 5.69 Å². The van der Waals surface area contributed by atoms with Gasteiger partial charge >= 0.3 is 0 Å². The van der Waals surface area contributed by atoms with Crippen LogP contribution in [0.5, 0.6) is 0 Å². The minimum absolute atomic E-state index is 0.528. The zero-order valence-corrected chi connectivity index (χ0v) is 10.3. The van der Waals surface area contributed by atoms with Gasteiger partial charge in [0.1, 0.15) is 6.34 Å². The molecule has 0 unspecified atom stereocenters. The van der Waals surface area contributed by atoms with E-state index in [9.17, 15) is 0 Å². The number of nitrogens with two attached hydrogens (primary N) is 2. The van der Waals surface area contributed by atoms with Crippen LogP contribution in [-0.2, 0) is 6.42 Å². The molecule has 0 aliphatic carbocycles. The van der Waals surface area contributed by atoms with E-state index in [1.165, 1.54) is 11.3 Å². The van der Waals surface area contributed by atoms with Crippen molar-refractivity contribution in [3.63, 3.8) is 0 Å². The fourth-order valence-electron chi connectivity index (χ4n) is 1.54. The van der Waals surface area contributed by atoms with Crippen LogP contribution in [0.3, 0.4) is 0 Å². The predicted molar refractivity (Wildman–Crippen MR) is 69.3 cm³/mol. The van der Waals surface area contributed by atoms with E-state index in [2.05, 4.69) is 18.9 Å². The molecule has 0 aliphatic heterocycles. The predicted octanol–water partition coefficient (Wildman–Crippen LogP) is 2.12. The third-order valence-corrected chi connectivity index (χ3v) is 2.37. The smallest absolute Gasteiger partial charge is 0.129 e. The van der Waals surface area contributed by atoms with Gasteiger partial charge in [-0.2, -0.15) is 5.10 Å². The van der Waals surface area contributed by atoms with Crippen molar-refractivity contribution in [3.05, 3.63) is 28.8 Å². The molecule has 0 fully saturated rings. The maximum Gasteiger partial charge on any atom is 0.129 e. The number of hydrazine groups is 1. The molecule has 0 spiro atoms. The Bertz CT molecular complexity index is 376. The first-order chi connectivity index (χ1) is 7.54. The third-order valence-electron chi connectivity index (χ3n) is 2.14. The summed E-state index contributed by atoms with van der Waals surface area (Å²) in [6.45, 7) is 4.28. The first kappa shape index (κ1) is 12.8. The van der Waals surface area contributed by atoms with Crippen molar-refractivity contribution in [2.24, 2.45) is 22.7 Å². The van der Waals surface area contributed by atoms with Crippen LogP contribution in [-0.4, -0.2) is 6.34 Å². The average Bonchev–Trinajstić information content (AvgIpc) is 2.16. The van der Waals surface area contributed by atoms with Gasteiger partial charge < -0.3 is 5.84 Å². The summed E-state index contributed by atoms with van der Waals surface area (Å²) in [4.78, 5) is 0. The SMILES string of the molecule is CC(C)Cc1cc(Cl)ccc1N(N)/C=N\N. The van der Waals surface area contributed by atoms with Crippen LogP contribution < -0.4 is 16.7 Å². The average molecular weight is 241 g/mol. The molecule has 4 nitrogen and oxygen atoms in total. The number of hydrogen-bond donors (Lipinski definition) is 2. The monoisotopic (exact) mass is 240 g/mol. The molecule has 1 aromatic rings. The first-order valence-electron chi connectivity index (χ1n) is 5.10. The van der Waals surface area contributed by atoms with Crippen LogP contribution in [0.2, 0.25) is 5.02 Å². The van der Waals surface area contributed by atoms with Crippen molar-refractivity contribution in [1.82, 2.24) is 0 Å². The Morgan fingerprint density at radius 2 is 2.19 bits per heavy atom. The number of hydrogen-bond acceptors (Lipinski definition) is 3. The van der Waals surface area contributed by atoms with E-state index in [0.29, 0.717) is 10.9 Å². The minimum Gasteiger partial charge on any atom is -0.322 e. The molecule has 1 aromatic carbocycles. The summed E-state index contributed by atoms with van der Waals surface area (Å²) in [7, 11) is 0. The quantitative estimate of drug-likeness (QED) is 0.367. The van der Waals surface area contributed by atoms with E-state index in [1.54, 1.807) is 6.07 Å². The van der Waals surface area contributed by atoms with Gasteiger partial charge in [-0.05, 0) is 36.1 Å². The van der Waals surface area contributed by atoms with Crippen LogP contribution >= 0.6 is 11.6 Å². The Balaban J connectivity index is 3.06. The molecular formula is C11H17ClN4. The summed E-state index contributed by atoms with van der Waals surface area (Å²) in [5.41, 5.74) is 1.96. The zero-order valence-electron chi connectivity index (χ0n) is 9.52. The van der Waals surface area contributed by atoms with Gasteiger partial charge in [-0.25, -0.2) is 5.84 Å². The number of halogens is 1. The van der Waals surface area contributed by atoms with Crippen molar-refractivity contribution in [2.45, 2.75) is 20.3 Å². The Kier molecular flexibility index (Phi) is 4.58. The molecular weight excluding hydrogens is 224 g/mol. The number of rotatable bonds is 4. The van der Waals surface area contributed by atoms with E-state index >= 15 is 0 Å². The summed E-state index contributed by atoms with van der Waals surface area (Å²) < 4.78 is 0. The maximum atomic E-state index is 5.96. The first-order valence-corrected chi connectivity index (χ1v) is 5.48. The van der Waals surface area contributed by atoms with Crippen molar-refractivity contribution in [1.29, 1.82) is 0 Å². The van der Waals surface area contributed by atoms with Gasteiger partial charge in [0, 0.05) is 5.02 Å². The van der Waals surface area contributed by atoms with Crippen molar-refractivity contribution in [2.75, 3.05) is 5.01 Å². The molecule has 5 heteroatoms. The molecule has 88 valence electrons. The van der Waals surface area contributed by atoms with Gasteiger partial charge in [0.25, 0.3) is 0 Å². The molecule has 4 N–H and O–H groups in total.